The number of allylic oxidation sites excluding steroid dienone is 5. The molecule has 2 rings (SSSR count). The second-order valence-corrected chi connectivity index (χ2v) is 6.87. The summed E-state index contributed by atoms with van der Waals surface area (Å²) >= 11 is 0. The summed E-state index contributed by atoms with van der Waals surface area (Å²) in [6.45, 7) is 10.8. The zero-order valence-electron chi connectivity index (χ0n) is 14.7. The largest absolute Gasteiger partial charge is 0.299 e. The van der Waals surface area contributed by atoms with Crippen LogP contribution in [0.1, 0.15) is 64.9 Å². The highest BCUT2D eigenvalue weighted by molar-refractivity contribution is 5.93. The molecule has 1 aliphatic rings. The molecule has 1 heteroatoms. The number of benzene rings is 1. The lowest BCUT2D eigenvalue weighted by molar-refractivity contribution is -0.118. The van der Waals surface area contributed by atoms with Gasteiger partial charge in [-0.25, -0.2) is 0 Å². The lowest BCUT2D eigenvalue weighted by Gasteiger charge is -2.21. The molecule has 1 aromatic rings. The predicted molar refractivity (Wildman–Crippen MR) is 99.3 cm³/mol. The molecule has 0 N–H and O–H groups in total. The van der Waals surface area contributed by atoms with Gasteiger partial charge in [-0.2, -0.15) is 0 Å². The van der Waals surface area contributed by atoms with Crippen molar-refractivity contribution in [3.8, 4) is 0 Å². The Morgan fingerprint density at radius 3 is 2.43 bits per heavy atom. The molecule has 0 spiro atoms. The summed E-state index contributed by atoms with van der Waals surface area (Å²) in [6.07, 6.45) is 5.26. The van der Waals surface area contributed by atoms with Crippen LogP contribution in [0.25, 0.3) is 5.57 Å². The molecule has 1 nitrogen and oxygen atoms in total. The first-order valence-corrected chi connectivity index (χ1v) is 8.55. The maximum absolute atomic E-state index is 11.9. The van der Waals surface area contributed by atoms with E-state index in [9.17, 15) is 4.79 Å². The summed E-state index contributed by atoms with van der Waals surface area (Å²) in [5, 5.41) is 0. The lowest BCUT2D eigenvalue weighted by Crippen LogP contribution is -2.09. The fourth-order valence-corrected chi connectivity index (χ4v) is 3.04. The molecule has 0 atom stereocenters. The molecule has 0 amide bonds. The van der Waals surface area contributed by atoms with Crippen molar-refractivity contribution in [1.82, 2.24) is 0 Å². The van der Waals surface area contributed by atoms with Gasteiger partial charge < -0.3 is 0 Å². The molecule has 1 aliphatic carbocycles. The zero-order chi connectivity index (χ0) is 16.8. The van der Waals surface area contributed by atoms with Gasteiger partial charge in [-0.15, -0.1) is 0 Å². The molecular formula is C22H28O. The van der Waals surface area contributed by atoms with Crippen LogP contribution in [0.2, 0.25) is 0 Å². The van der Waals surface area contributed by atoms with Gasteiger partial charge in [0.05, 0.1) is 0 Å². The van der Waals surface area contributed by atoms with Gasteiger partial charge in [-0.3, -0.25) is 4.79 Å². The Hall–Kier alpha value is -1.89. The van der Waals surface area contributed by atoms with Crippen molar-refractivity contribution in [2.45, 2.75) is 59.3 Å². The summed E-state index contributed by atoms with van der Waals surface area (Å²) in [7, 11) is 0. The monoisotopic (exact) mass is 308 g/mol. The van der Waals surface area contributed by atoms with E-state index < -0.39 is 0 Å². The van der Waals surface area contributed by atoms with Crippen molar-refractivity contribution >= 4 is 11.4 Å². The van der Waals surface area contributed by atoms with Crippen LogP contribution in [0.3, 0.4) is 0 Å². The van der Waals surface area contributed by atoms with Crippen molar-refractivity contribution in [2.24, 2.45) is 0 Å². The third kappa shape index (κ3) is 5.06. The van der Waals surface area contributed by atoms with E-state index in [1.165, 1.54) is 33.4 Å². The number of carbonyl (C=O) groups excluding carboxylic acids is 1. The first-order valence-electron chi connectivity index (χ1n) is 8.55. The average Bonchev–Trinajstić information content (AvgIpc) is 2.54. The Morgan fingerprint density at radius 2 is 1.78 bits per heavy atom. The molecule has 0 fully saturated rings. The van der Waals surface area contributed by atoms with Crippen LogP contribution in [-0.2, 0) is 4.79 Å². The summed E-state index contributed by atoms with van der Waals surface area (Å²) in [5.74, 6) is 0.367. The van der Waals surface area contributed by atoms with E-state index in [1.54, 1.807) is 0 Å². The highest BCUT2D eigenvalue weighted by Gasteiger charge is 2.19. The number of ketones is 1. The van der Waals surface area contributed by atoms with Crippen LogP contribution in [0.5, 0.6) is 0 Å². The van der Waals surface area contributed by atoms with Gasteiger partial charge in [0.1, 0.15) is 5.78 Å². The molecule has 23 heavy (non-hydrogen) atoms. The summed E-state index contributed by atoms with van der Waals surface area (Å²) in [6, 6.07) is 10.4. The van der Waals surface area contributed by atoms with E-state index in [1.807, 2.05) is 6.07 Å². The fourth-order valence-electron chi connectivity index (χ4n) is 3.04. The highest BCUT2D eigenvalue weighted by atomic mass is 16.1. The van der Waals surface area contributed by atoms with E-state index in [4.69, 9.17) is 0 Å². The van der Waals surface area contributed by atoms with Crippen molar-refractivity contribution in [3.63, 3.8) is 0 Å². The van der Waals surface area contributed by atoms with Crippen LogP contribution >= 0.6 is 0 Å². The first-order chi connectivity index (χ1) is 11.0. The smallest absolute Gasteiger partial charge is 0.137 e. The molecule has 0 unspecified atom stereocenters. The molecular weight excluding hydrogens is 280 g/mol. The van der Waals surface area contributed by atoms with Gasteiger partial charge >= 0.3 is 0 Å². The standard InChI is InChI=1S/C22H28O/c1-16(2)18(4)14-17(3)10-11-20-12-13-21(23)15-22(20)19-8-6-5-7-9-19/h5-9H,3,10-15H2,1-2,4H3. The first kappa shape index (κ1) is 17.5. The quantitative estimate of drug-likeness (QED) is 0.565. The number of rotatable bonds is 6. The van der Waals surface area contributed by atoms with Crippen LogP contribution in [-0.4, -0.2) is 5.78 Å². The van der Waals surface area contributed by atoms with Crippen LogP contribution in [0, 0.1) is 0 Å². The van der Waals surface area contributed by atoms with E-state index in [0.29, 0.717) is 18.6 Å². The van der Waals surface area contributed by atoms with Crippen LogP contribution in [0.15, 0.2) is 59.2 Å². The Bertz CT molecular complexity index is 640. The van der Waals surface area contributed by atoms with E-state index in [0.717, 1.165) is 25.7 Å². The minimum atomic E-state index is 0.367. The van der Waals surface area contributed by atoms with E-state index in [-0.39, 0.29) is 0 Å². The minimum absolute atomic E-state index is 0.367. The molecule has 1 aromatic carbocycles. The second kappa shape index (κ2) is 8.10. The molecule has 0 radical (unpaired) electrons. The predicted octanol–water partition coefficient (Wildman–Crippen LogP) is 6.28. The summed E-state index contributed by atoms with van der Waals surface area (Å²) < 4.78 is 0. The van der Waals surface area contributed by atoms with Crippen LogP contribution < -0.4 is 0 Å². The van der Waals surface area contributed by atoms with Gasteiger partial charge in [0.15, 0.2) is 0 Å². The molecule has 0 heterocycles. The maximum Gasteiger partial charge on any atom is 0.137 e. The molecule has 122 valence electrons. The van der Waals surface area contributed by atoms with Crippen molar-refractivity contribution in [3.05, 3.63) is 64.8 Å². The van der Waals surface area contributed by atoms with Gasteiger partial charge in [-0.05, 0) is 57.6 Å². The maximum atomic E-state index is 11.9. The normalized spacial score (nSPS) is 14.8. The van der Waals surface area contributed by atoms with Crippen molar-refractivity contribution in [2.75, 3.05) is 0 Å². The summed E-state index contributed by atoms with van der Waals surface area (Å²) in [5.41, 5.74) is 8.02. The fraction of sp³-hybridized carbons (Fsp3) is 0.409. The summed E-state index contributed by atoms with van der Waals surface area (Å²) in [4.78, 5) is 11.9. The molecule has 0 bridgehead atoms. The van der Waals surface area contributed by atoms with Gasteiger partial charge in [0.2, 0.25) is 0 Å². The minimum Gasteiger partial charge on any atom is -0.299 e. The Balaban J connectivity index is 2.10. The highest BCUT2D eigenvalue weighted by Crippen LogP contribution is 2.34. The van der Waals surface area contributed by atoms with Crippen molar-refractivity contribution < 1.29 is 4.79 Å². The second-order valence-electron chi connectivity index (χ2n) is 6.87. The van der Waals surface area contributed by atoms with Gasteiger partial charge in [0.25, 0.3) is 0 Å². The molecule has 0 aliphatic heterocycles. The Morgan fingerprint density at radius 1 is 1.09 bits per heavy atom. The Labute approximate surface area is 140 Å². The third-order valence-electron chi connectivity index (χ3n) is 4.78. The molecule has 0 saturated heterocycles. The van der Waals surface area contributed by atoms with E-state index in [2.05, 4.69) is 51.6 Å². The van der Waals surface area contributed by atoms with Crippen LogP contribution in [0.4, 0.5) is 0 Å². The van der Waals surface area contributed by atoms with Gasteiger partial charge in [0, 0.05) is 12.8 Å². The number of carbonyl (C=O) groups is 1. The van der Waals surface area contributed by atoms with E-state index >= 15 is 0 Å². The number of hydrogen-bond acceptors (Lipinski definition) is 1. The topological polar surface area (TPSA) is 17.1 Å². The third-order valence-corrected chi connectivity index (χ3v) is 4.78. The molecule has 0 saturated carbocycles. The Kier molecular flexibility index (Phi) is 6.15. The van der Waals surface area contributed by atoms with Crippen molar-refractivity contribution in [1.29, 1.82) is 0 Å². The van der Waals surface area contributed by atoms with Gasteiger partial charge in [-0.1, -0.05) is 59.2 Å². The zero-order valence-corrected chi connectivity index (χ0v) is 14.7. The number of hydrogen-bond donors (Lipinski definition) is 0. The SMILES string of the molecule is C=C(CCC1=C(c2ccccc2)CC(=O)CC1)CC(C)=C(C)C. The number of Topliss-reactive ketones (excluding diaryl/α,β-unsaturated/α-hetero) is 1. The lowest BCUT2D eigenvalue weighted by atomic mass is 9.84. The molecule has 0 aromatic heterocycles. The average molecular weight is 308 g/mol.